The molecule has 0 radical (unpaired) electrons. The van der Waals surface area contributed by atoms with Crippen LogP contribution in [-0.4, -0.2) is 63.6 Å². The first kappa shape index (κ1) is 23.8. The number of para-hydroxylation sites is 1. The third kappa shape index (κ3) is 4.74. The van der Waals surface area contributed by atoms with Crippen LogP contribution in [0.3, 0.4) is 0 Å². The number of piperazine rings is 1. The van der Waals surface area contributed by atoms with Crippen LogP contribution in [0.15, 0.2) is 61.1 Å². The number of fused-ring (bicyclic) bond motifs is 1. The third-order valence-corrected chi connectivity index (χ3v) is 8.04. The van der Waals surface area contributed by atoms with Crippen molar-refractivity contribution in [2.24, 2.45) is 0 Å². The maximum atomic E-state index is 6.43. The van der Waals surface area contributed by atoms with Crippen LogP contribution in [0.5, 0.6) is 11.5 Å². The number of nitrogen functional groups attached to an aromatic ring is 2. The largest absolute Gasteiger partial charge is 0.455 e. The molecule has 192 valence electrons. The minimum atomic E-state index is 0.396. The minimum absolute atomic E-state index is 0.396. The summed E-state index contributed by atoms with van der Waals surface area (Å²) in [7, 11) is 2.22. The fourth-order valence-electron chi connectivity index (χ4n) is 5.92. The molecule has 1 aliphatic carbocycles. The molecular formula is C29H35N7O. The van der Waals surface area contributed by atoms with Crippen LogP contribution in [0, 0.1) is 0 Å². The number of likely N-dealkylation sites (N-methyl/N-ethyl adjacent to an activating group) is 1. The molecule has 4 aromatic rings. The molecule has 1 aliphatic heterocycles. The lowest BCUT2D eigenvalue weighted by atomic mass is 9.89. The lowest BCUT2D eigenvalue weighted by Gasteiger charge is -2.41. The van der Waals surface area contributed by atoms with Crippen LogP contribution in [-0.2, 0) is 0 Å². The molecule has 0 unspecified atom stereocenters. The average Bonchev–Trinajstić information content (AvgIpc) is 3.32. The summed E-state index contributed by atoms with van der Waals surface area (Å²) in [4.78, 5) is 14.1. The molecule has 2 aliphatic rings. The van der Waals surface area contributed by atoms with Crippen molar-refractivity contribution < 1.29 is 4.74 Å². The first-order chi connectivity index (χ1) is 18.1. The number of hydrogen-bond acceptors (Lipinski definition) is 7. The number of anilines is 2. The number of ether oxygens (including phenoxy) is 1. The lowest BCUT2D eigenvalue weighted by Crippen LogP contribution is -2.49. The molecule has 2 fully saturated rings. The van der Waals surface area contributed by atoms with Gasteiger partial charge in [-0.1, -0.05) is 24.3 Å². The van der Waals surface area contributed by atoms with Crippen LogP contribution in [0.2, 0.25) is 0 Å². The van der Waals surface area contributed by atoms with Gasteiger partial charge in [0.25, 0.3) is 0 Å². The van der Waals surface area contributed by atoms with Gasteiger partial charge >= 0.3 is 0 Å². The molecule has 2 aromatic heterocycles. The topological polar surface area (TPSA) is 98.5 Å². The van der Waals surface area contributed by atoms with Gasteiger partial charge in [-0.05, 0) is 62.6 Å². The van der Waals surface area contributed by atoms with E-state index in [1.54, 1.807) is 6.33 Å². The Morgan fingerprint density at radius 1 is 0.865 bits per heavy atom. The van der Waals surface area contributed by atoms with Gasteiger partial charge in [0, 0.05) is 50.0 Å². The molecule has 8 heteroatoms. The molecule has 0 amide bonds. The van der Waals surface area contributed by atoms with E-state index in [4.69, 9.17) is 16.2 Å². The van der Waals surface area contributed by atoms with Gasteiger partial charge in [0.2, 0.25) is 0 Å². The second kappa shape index (κ2) is 10.0. The molecule has 1 saturated carbocycles. The Kier molecular flexibility index (Phi) is 6.44. The van der Waals surface area contributed by atoms with Crippen molar-refractivity contribution in [1.82, 2.24) is 24.3 Å². The normalized spacial score (nSPS) is 21.3. The molecule has 37 heavy (non-hydrogen) atoms. The van der Waals surface area contributed by atoms with E-state index in [2.05, 4.69) is 37.6 Å². The summed E-state index contributed by atoms with van der Waals surface area (Å²) in [5, 5.41) is 0.889. The van der Waals surface area contributed by atoms with Gasteiger partial charge in [0.15, 0.2) is 0 Å². The van der Waals surface area contributed by atoms with Crippen LogP contribution in [0.25, 0.3) is 22.2 Å². The molecule has 2 aromatic carbocycles. The van der Waals surface area contributed by atoms with E-state index < -0.39 is 0 Å². The van der Waals surface area contributed by atoms with E-state index in [9.17, 15) is 0 Å². The zero-order chi connectivity index (χ0) is 25.4. The molecule has 1 saturated heterocycles. The maximum absolute atomic E-state index is 6.43. The molecule has 6 rings (SSSR count). The lowest BCUT2D eigenvalue weighted by molar-refractivity contribution is 0.0828. The van der Waals surface area contributed by atoms with Crippen LogP contribution in [0.1, 0.15) is 31.7 Å². The SMILES string of the molecule is CN1CCN([C@H]2CC[C@H](n3cc(-c4ccc(Oc5ccccc5)c(N)c4)c4c(N)ncnc43)CC2)CC1. The fourth-order valence-corrected chi connectivity index (χ4v) is 5.92. The van der Waals surface area contributed by atoms with Crippen molar-refractivity contribution in [3.63, 3.8) is 0 Å². The molecule has 4 N–H and O–H groups in total. The molecule has 0 spiro atoms. The Hall–Kier alpha value is -3.62. The Balaban J connectivity index is 1.26. The number of benzene rings is 2. The highest BCUT2D eigenvalue weighted by atomic mass is 16.5. The van der Waals surface area contributed by atoms with Crippen LogP contribution < -0.4 is 16.2 Å². The van der Waals surface area contributed by atoms with Crippen molar-refractivity contribution in [2.75, 3.05) is 44.7 Å². The molecule has 0 bridgehead atoms. The molecule has 0 atom stereocenters. The van der Waals surface area contributed by atoms with Gasteiger partial charge in [0.05, 0.1) is 11.1 Å². The first-order valence-electron chi connectivity index (χ1n) is 13.2. The summed E-state index contributed by atoms with van der Waals surface area (Å²) in [5.74, 6) is 1.88. The van der Waals surface area contributed by atoms with Gasteiger partial charge in [0.1, 0.15) is 29.3 Å². The maximum Gasteiger partial charge on any atom is 0.150 e. The van der Waals surface area contributed by atoms with Gasteiger partial charge in [-0.2, -0.15) is 0 Å². The number of aromatic nitrogens is 3. The predicted molar refractivity (Wildman–Crippen MR) is 149 cm³/mol. The molecule has 3 heterocycles. The average molecular weight is 498 g/mol. The minimum Gasteiger partial charge on any atom is -0.455 e. The number of rotatable bonds is 5. The third-order valence-electron chi connectivity index (χ3n) is 8.04. The summed E-state index contributed by atoms with van der Waals surface area (Å²) >= 11 is 0. The van der Waals surface area contributed by atoms with Gasteiger partial charge < -0.3 is 25.7 Å². The van der Waals surface area contributed by atoms with Crippen molar-refractivity contribution in [3.05, 3.63) is 61.1 Å². The van der Waals surface area contributed by atoms with Gasteiger partial charge in [-0.25, -0.2) is 9.97 Å². The Morgan fingerprint density at radius 3 is 2.32 bits per heavy atom. The quantitative estimate of drug-likeness (QED) is 0.383. The highest BCUT2D eigenvalue weighted by molar-refractivity contribution is 6.01. The Labute approximate surface area is 217 Å². The monoisotopic (exact) mass is 497 g/mol. The zero-order valence-corrected chi connectivity index (χ0v) is 21.4. The Bertz CT molecular complexity index is 1370. The van der Waals surface area contributed by atoms with Crippen molar-refractivity contribution in [3.8, 4) is 22.6 Å². The molecular weight excluding hydrogens is 462 g/mol. The summed E-state index contributed by atoms with van der Waals surface area (Å²) in [6.45, 7) is 4.69. The molecule has 8 nitrogen and oxygen atoms in total. The summed E-state index contributed by atoms with van der Waals surface area (Å²) in [6.07, 6.45) is 8.46. The number of nitrogens with zero attached hydrogens (tertiary/aromatic N) is 5. The van der Waals surface area contributed by atoms with Crippen molar-refractivity contribution in [1.29, 1.82) is 0 Å². The Morgan fingerprint density at radius 2 is 1.59 bits per heavy atom. The van der Waals surface area contributed by atoms with Gasteiger partial charge in [-0.3, -0.25) is 4.90 Å². The summed E-state index contributed by atoms with van der Waals surface area (Å²) < 4.78 is 8.32. The second-order valence-corrected chi connectivity index (χ2v) is 10.4. The van der Waals surface area contributed by atoms with E-state index in [-0.39, 0.29) is 0 Å². The highest BCUT2D eigenvalue weighted by Gasteiger charge is 2.30. The van der Waals surface area contributed by atoms with Crippen molar-refractivity contribution in [2.45, 2.75) is 37.8 Å². The zero-order valence-electron chi connectivity index (χ0n) is 21.4. The second-order valence-electron chi connectivity index (χ2n) is 10.4. The predicted octanol–water partition coefficient (Wildman–Crippen LogP) is 4.79. The van der Waals surface area contributed by atoms with Crippen LogP contribution >= 0.6 is 0 Å². The first-order valence-corrected chi connectivity index (χ1v) is 13.2. The number of hydrogen-bond donors (Lipinski definition) is 2. The fraction of sp³-hybridized carbons (Fsp3) is 0.379. The van der Waals surface area contributed by atoms with Gasteiger partial charge in [-0.15, -0.1) is 0 Å². The van der Waals surface area contributed by atoms with E-state index in [0.29, 0.717) is 29.3 Å². The standard InChI is InChI=1S/C29H35N7O/c1-34-13-15-35(16-14-34)21-8-10-22(11-9-21)36-18-24(27-28(31)32-19-33-29(27)36)20-7-12-26(25(30)17-20)37-23-5-3-2-4-6-23/h2-7,12,17-19,21-22H,8-11,13-16,30H2,1H3,(H2,31,32,33)/t21-,22-. The summed E-state index contributed by atoms with van der Waals surface area (Å²) in [6, 6.07) is 16.7. The van der Waals surface area contributed by atoms with Crippen LogP contribution in [0.4, 0.5) is 11.5 Å². The van der Waals surface area contributed by atoms with E-state index in [1.165, 1.54) is 39.0 Å². The van der Waals surface area contributed by atoms with E-state index in [1.807, 2.05) is 48.5 Å². The number of nitrogens with two attached hydrogens (primary N) is 2. The van der Waals surface area contributed by atoms with E-state index in [0.717, 1.165) is 40.8 Å². The van der Waals surface area contributed by atoms with Crippen molar-refractivity contribution >= 4 is 22.5 Å². The summed E-state index contributed by atoms with van der Waals surface area (Å²) in [5.41, 5.74) is 16.3. The van der Waals surface area contributed by atoms with E-state index >= 15 is 0 Å². The smallest absolute Gasteiger partial charge is 0.150 e. The highest BCUT2D eigenvalue weighted by Crippen LogP contribution is 2.40.